The van der Waals surface area contributed by atoms with Crippen LogP contribution in [0.15, 0.2) is 51.8 Å². The normalized spacial score (nSPS) is 11.3. The number of ether oxygens (including phenoxy) is 1. The third kappa shape index (κ3) is 3.98. The van der Waals surface area contributed by atoms with Crippen LogP contribution < -0.4 is 10.5 Å². The van der Waals surface area contributed by atoms with Crippen molar-refractivity contribution in [3.63, 3.8) is 0 Å². The molecule has 6 heteroatoms. The average molecular weight is 370 g/mol. The summed E-state index contributed by atoms with van der Waals surface area (Å²) in [5.41, 5.74) is 6.90. The predicted molar refractivity (Wildman–Crippen MR) is 87.3 cm³/mol. The number of aryl methyl sites for hydroxylation is 1. The average Bonchev–Trinajstić information content (AvgIpc) is 2.44. The number of rotatable bonds is 5. The number of anilines is 1. The molecule has 0 aromatic heterocycles. The Labute approximate surface area is 133 Å². The van der Waals surface area contributed by atoms with Crippen LogP contribution in [-0.4, -0.2) is 20.8 Å². The molecule has 0 unspecified atom stereocenters. The SMILES string of the molecule is Cc1cccc(S(=O)(=O)CCOc2ccc(Br)cc2)c1N. The molecule has 2 aromatic rings. The Morgan fingerprint density at radius 1 is 1.14 bits per heavy atom. The second-order valence-electron chi connectivity index (χ2n) is 4.61. The highest BCUT2D eigenvalue weighted by Crippen LogP contribution is 2.23. The van der Waals surface area contributed by atoms with E-state index < -0.39 is 9.84 Å². The predicted octanol–water partition coefficient (Wildman–Crippen LogP) is 3.19. The number of hydrogen-bond donors (Lipinski definition) is 1. The molecule has 2 aromatic carbocycles. The zero-order valence-electron chi connectivity index (χ0n) is 11.5. The molecule has 21 heavy (non-hydrogen) atoms. The van der Waals surface area contributed by atoms with Gasteiger partial charge in [0.25, 0.3) is 0 Å². The van der Waals surface area contributed by atoms with Gasteiger partial charge in [0.2, 0.25) is 0 Å². The maximum absolute atomic E-state index is 12.3. The summed E-state index contributed by atoms with van der Waals surface area (Å²) in [5.74, 6) is 0.516. The lowest BCUT2D eigenvalue weighted by Crippen LogP contribution is -2.16. The summed E-state index contributed by atoms with van der Waals surface area (Å²) < 4.78 is 31.0. The number of halogens is 1. The molecule has 112 valence electrons. The van der Waals surface area contributed by atoms with Gasteiger partial charge in [-0.3, -0.25) is 0 Å². The van der Waals surface area contributed by atoms with Crippen LogP contribution in [0.5, 0.6) is 5.75 Å². The molecule has 0 heterocycles. The van der Waals surface area contributed by atoms with Gasteiger partial charge in [-0.15, -0.1) is 0 Å². The first-order chi connectivity index (χ1) is 9.90. The number of hydrogen-bond acceptors (Lipinski definition) is 4. The van der Waals surface area contributed by atoms with Crippen molar-refractivity contribution in [2.24, 2.45) is 0 Å². The van der Waals surface area contributed by atoms with Crippen molar-refractivity contribution < 1.29 is 13.2 Å². The van der Waals surface area contributed by atoms with Crippen LogP contribution >= 0.6 is 15.9 Å². The number of nitrogens with two attached hydrogens (primary N) is 1. The Morgan fingerprint density at radius 2 is 1.81 bits per heavy atom. The molecule has 0 aliphatic carbocycles. The molecule has 0 radical (unpaired) electrons. The van der Waals surface area contributed by atoms with Crippen LogP contribution in [0.25, 0.3) is 0 Å². The van der Waals surface area contributed by atoms with Crippen molar-refractivity contribution in [3.05, 3.63) is 52.5 Å². The zero-order chi connectivity index (χ0) is 15.5. The minimum Gasteiger partial charge on any atom is -0.493 e. The van der Waals surface area contributed by atoms with Gasteiger partial charge in [-0.1, -0.05) is 28.1 Å². The molecule has 2 N–H and O–H groups in total. The Balaban J connectivity index is 2.05. The number of sulfone groups is 1. The summed E-state index contributed by atoms with van der Waals surface area (Å²) >= 11 is 3.33. The highest BCUT2D eigenvalue weighted by atomic mass is 79.9. The van der Waals surface area contributed by atoms with E-state index in [4.69, 9.17) is 10.5 Å². The molecular formula is C15H16BrNO3S. The van der Waals surface area contributed by atoms with Crippen LogP contribution in [-0.2, 0) is 9.84 Å². The van der Waals surface area contributed by atoms with Crippen LogP contribution in [0.4, 0.5) is 5.69 Å². The fraction of sp³-hybridized carbons (Fsp3) is 0.200. The van der Waals surface area contributed by atoms with Gasteiger partial charge >= 0.3 is 0 Å². The molecular weight excluding hydrogens is 354 g/mol. The van der Waals surface area contributed by atoms with E-state index in [1.54, 1.807) is 31.2 Å². The monoisotopic (exact) mass is 369 g/mol. The fourth-order valence-electron chi connectivity index (χ4n) is 1.83. The summed E-state index contributed by atoms with van der Waals surface area (Å²) in [6.45, 7) is 1.87. The van der Waals surface area contributed by atoms with E-state index in [2.05, 4.69) is 15.9 Å². The summed E-state index contributed by atoms with van der Waals surface area (Å²) in [6, 6.07) is 12.2. The van der Waals surface area contributed by atoms with Crippen molar-refractivity contribution in [1.29, 1.82) is 0 Å². The van der Waals surface area contributed by atoms with Crippen LogP contribution in [0.3, 0.4) is 0 Å². The minimum atomic E-state index is -3.45. The highest BCUT2D eigenvalue weighted by molar-refractivity contribution is 9.10. The second kappa shape index (κ2) is 6.49. The van der Waals surface area contributed by atoms with Crippen LogP contribution in [0.2, 0.25) is 0 Å². The molecule has 0 aliphatic heterocycles. The largest absolute Gasteiger partial charge is 0.493 e. The Kier molecular flexibility index (Phi) is 4.90. The van der Waals surface area contributed by atoms with Gasteiger partial charge in [-0.05, 0) is 42.8 Å². The van der Waals surface area contributed by atoms with Gasteiger partial charge < -0.3 is 10.5 Å². The molecule has 0 amide bonds. The van der Waals surface area contributed by atoms with Gasteiger partial charge in [-0.25, -0.2) is 8.42 Å². The maximum atomic E-state index is 12.3. The van der Waals surface area contributed by atoms with E-state index in [1.807, 2.05) is 12.1 Å². The van der Waals surface area contributed by atoms with Crippen molar-refractivity contribution in [1.82, 2.24) is 0 Å². The van der Waals surface area contributed by atoms with Crippen molar-refractivity contribution >= 4 is 31.5 Å². The molecule has 0 saturated heterocycles. The van der Waals surface area contributed by atoms with Gasteiger partial charge in [-0.2, -0.15) is 0 Å². The minimum absolute atomic E-state index is 0.0807. The van der Waals surface area contributed by atoms with Crippen LogP contribution in [0.1, 0.15) is 5.56 Å². The van der Waals surface area contributed by atoms with Crippen molar-refractivity contribution in [3.8, 4) is 5.75 Å². The Hall–Kier alpha value is -1.53. The molecule has 0 bridgehead atoms. The lowest BCUT2D eigenvalue weighted by atomic mass is 10.2. The van der Waals surface area contributed by atoms with Gasteiger partial charge in [0.05, 0.1) is 16.3 Å². The second-order valence-corrected chi connectivity index (χ2v) is 7.60. The lowest BCUT2D eigenvalue weighted by molar-refractivity contribution is 0.341. The quantitative estimate of drug-likeness (QED) is 0.821. The molecule has 0 atom stereocenters. The first kappa shape index (κ1) is 15.9. The first-order valence-corrected chi connectivity index (χ1v) is 8.81. The fourth-order valence-corrected chi connectivity index (χ4v) is 3.40. The van der Waals surface area contributed by atoms with Gasteiger partial charge in [0.15, 0.2) is 9.84 Å². The first-order valence-electron chi connectivity index (χ1n) is 6.36. The van der Waals surface area contributed by atoms with E-state index in [9.17, 15) is 8.42 Å². The van der Waals surface area contributed by atoms with E-state index in [0.717, 1.165) is 10.0 Å². The number of nitrogen functional groups attached to an aromatic ring is 1. The summed E-state index contributed by atoms with van der Waals surface area (Å²) in [4.78, 5) is 0.168. The summed E-state index contributed by atoms with van der Waals surface area (Å²) in [6.07, 6.45) is 0. The number of para-hydroxylation sites is 1. The molecule has 2 rings (SSSR count). The Morgan fingerprint density at radius 3 is 2.48 bits per heavy atom. The molecule has 0 aliphatic rings. The van der Waals surface area contributed by atoms with Crippen LogP contribution in [0, 0.1) is 6.92 Å². The molecule has 0 saturated carbocycles. The van der Waals surface area contributed by atoms with E-state index >= 15 is 0 Å². The number of benzene rings is 2. The molecule has 0 fully saturated rings. The van der Waals surface area contributed by atoms with Gasteiger partial charge in [0, 0.05) is 4.47 Å². The summed E-state index contributed by atoms with van der Waals surface area (Å²) in [5, 5.41) is 0. The third-order valence-corrected chi connectivity index (χ3v) is 5.31. The standard InChI is InChI=1S/C15H16BrNO3S/c1-11-3-2-4-14(15(11)17)21(18,19)10-9-20-13-7-5-12(16)6-8-13/h2-8H,9-10,17H2,1H3. The molecule has 0 spiro atoms. The van der Waals surface area contributed by atoms with E-state index in [1.165, 1.54) is 6.07 Å². The van der Waals surface area contributed by atoms with Crippen molar-refractivity contribution in [2.45, 2.75) is 11.8 Å². The molecule has 4 nitrogen and oxygen atoms in total. The summed E-state index contributed by atoms with van der Waals surface area (Å²) in [7, 11) is -3.45. The zero-order valence-corrected chi connectivity index (χ0v) is 13.9. The third-order valence-electron chi connectivity index (χ3n) is 3.05. The highest BCUT2D eigenvalue weighted by Gasteiger charge is 2.18. The topological polar surface area (TPSA) is 69.4 Å². The van der Waals surface area contributed by atoms with Crippen molar-refractivity contribution in [2.75, 3.05) is 18.1 Å². The van der Waals surface area contributed by atoms with E-state index in [-0.39, 0.29) is 17.3 Å². The van der Waals surface area contributed by atoms with Gasteiger partial charge in [0.1, 0.15) is 12.4 Å². The Bertz CT molecular complexity index is 727. The lowest BCUT2D eigenvalue weighted by Gasteiger charge is -2.10. The maximum Gasteiger partial charge on any atom is 0.183 e. The van der Waals surface area contributed by atoms with E-state index in [0.29, 0.717) is 11.4 Å². The smallest absolute Gasteiger partial charge is 0.183 e.